The molecule has 0 amide bonds. The van der Waals surface area contributed by atoms with E-state index in [1.807, 2.05) is 6.07 Å². The molecule has 0 aliphatic rings. The number of nitrogens with zero attached hydrogens (tertiary/aromatic N) is 1. The number of hydrogen-bond donors (Lipinski definition) is 0. The average molecular weight is 286 g/mol. The Bertz CT molecular complexity index is 496. The molecule has 1 aromatic carbocycles. The van der Waals surface area contributed by atoms with Gasteiger partial charge in [0.25, 0.3) is 0 Å². The first kappa shape index (κ1) is 14.8. The fraction of sp³-hybridized carbons (Fsp3) is 0.385. The molecular weight excluding hydrogens is 273 g/mol. The summed E-state index contributed by atoms with van der Waals surface area (Å²) in [6.07, 6.45) is 0.193. The van der Waals surface area contributed by atoms with Crippen molar-refractivity contribution in [2.24, 2.45) is 5.41 Å². The Balaban J connectivity index is 2.99. The number of carbonyl (C=O) groups excluding carboxylic acids is 1. The lowest BCUT2D eigenvalue weighted by Crippen LogP contribution is -2.30. The molecule has 0 aromatic heterocycles. The average Bonchev–Trinajstić information content (AvgIpc) is 2.33. The molecule has 96 valence electrons. The van der Waals surface area contributed by atoms with E-state index in [0.717, 1.165) is 0 Å². The number of nitriles is 1. The minimum Gasteiger partial charge on any atom is -0.465 e. The first-order chi connectivity index (χ1) is 8.42. The molecule has 0 saturated carbocycles. The normalized spacial score (nSPS) is 13.5. The Morgan fingerprint density at radius 3 is 2.67 bits per heavy atom. The van der Waals surface area contributed by atoms with Crippen LogP contribution in [-0.4, -0.2) is 12.6 Å². The van der Waals surface area contributed by atoms with Crippen molar-refractivity contribution in [3.63, 3.8) is 0 Å². The van der Waals surface area contributed by atoms with Gasteiger partial charge in [0.2, 0.25) is 0 Å². The van der Waals surface area contributed by atoms with E-state index < -0.39 is 11.4 Å². The number of hydrogen-bond acceptors (Lipinski definition) is 3. The van der Waals surface area contributed by atoms with Crippen LogP contribution in [0.4, 0.5) is 0 Å². The molecule has 0 fully saturated rings. The molecule has 18 heavy (non-hydrogen) atoms. The van der Waals surface area contributed by atoms with Crippen LogP contribution in [0.25, 0.3) is 0 Å². The Morgan fingerprint density at radius 1 is 1.50 bits per heavy atom. The number of rotatable bonds is 4. The van der Waals surface area contributed by atoms with E-state index in [1.165, 1.54) is 6.92 Å². The van der Waals surface area contributed by atoms with Gasteiger partial charge in [0.15, 0.2) is 5.41 Å². The summed E-state index contributed by atoms with van der Waals surface area (Å²) in [7, 11) is 0. The van der Waals surface area contributed by atoms with Crippen molar-refractivity contribution < 1.29 is 9.53 Å². The summed E-state index contributed by atoms with van der Waals surface area (Å²) in [6, 6.07) is 6.95. The van der Waals surface area contributed by atoms with Gasteiger partial charge in [-0.1, -0.05) is 29.3 Å². The highest BCUT2D eigenvalue weighted by atomic mass is 35.5. The molecule has 3 nitrogen and oxygen atoms in total. The van der Waals surface area contributed by atoms with E-state index in [1.54, 1.807) is 25.1 Å². The molecular formula is C13H13Cl2NO2. The lowest BCUT2D eigenvalue weighted by atomic mass is 9.85. The van der Waals surface area contributed by atoms with Crippen LogP contribution in [0.5, 0.6) is 0 Å². The van der Waals surface area contributed by atoms with E-state index in [9.17, 15) is 4.79 Å². The van der Waals surface area contributed by atoms with Crippen LogP contribution in [0.2, 0.25) is 10.0 Å². The minimum atomic E-state index is -1.24. The topological polar surface area (TPSA) is 50.1 Å². The van der Waals surface area contributed by atoms with Crippen molar-refractivity contribution in [2.75, 3.05) is 6.61 Å². The van der Waals surface area contributed by atoms with E-state index in [4.69, 9.17) is 33.2 Å². The third kappa shape index (κ3) is 3.38. The Kier molecular flexibility index (Phi) is 5.01. The van der Waals surface area contributed by atoms with Crippen molar-refractivity contribution in [1.29, 1.82) is 5.26 Å². The molecule has 5 heteroatoms. The Hall–Kier alpha value is -1.24. The van der Waals surface area contributed by atoms with Gasteiger partial charge in [-0.25, -0.2) is 0 Å². The molecule has 0 aliphatic carbocycles. The second-order valence-electron chi connectivity index (χ2n) is 4.08. The predicted molar refractivity (Wildman–Crippen MR) is 70.5 cm³/mol. The van der Waals surface area contributed by atoms with Gasteiger partial charge in [-0.3, -0.25) is 4.79 Å². The molecule has 1 aromatic rings. The summed E-state index contributed by atoms with van der Waals surface area (Å²) in [4.78, 5) is 11.8. The van der Waals surface area contributed by atoms with Crippen LogP contribution in [0.15, 0.2) is 18.2 Å². The van der Waals surface area contributed by atoms with Gasteiger partial charge in [0.1, 0.15) is 0 Å². The van der Waals surface area contributed by atoms with Gasteiger partial charge >= 0.3 is 5.97 Å². The van der Waals surface area contributed by atoms with Crippen molar-refractivity contribution in [2.45, 2.75) is 20.3 Å². The second kappa shape index (κ2) is 6.08. The summed E-state index contributed by atoms with van der Waals surface area (Å²) < 4.78 is 4.90. The minimum absolute atomic E-state index is 0.193. The zero-order chi connectivity index (χ0) is 13.8. The molecule has 1 atom stereocenters. The standard InChI is InChI=1S/C13H13Cl2NO2/c1-3-18-12(17)13(2,8-16)7-9-4-5-10(14)6-11(9)15/h4-6H,3,7H2,1-2H3. The van der Waals surface area contributed by atoms with Crippen molar-refractivity contribution in [3.8, 4) is 6.07 Å². The molecule has 0 N–H and O–H groups in total. The monoisotopic (exact) mass is 285 g/mol. The summed E-state index contributed by atoms with van der Waals surface area (Å²) in [5.74, 6) is -0.543. The van der Waals surface area contributed by atoms with E-state index in [-0.39, 0.29) is 13.0 Å². The zero-order valence-electron chi connectivity index (χ0n) is 10.2. The SMILES string of the molecule is CCOC(=O)C(C)(C#N)Cc1ccc(Cl)cc1Cl. The van der Waals surface area contributed by atoms with E-state index in [0.29, 0.717) is 15.6 Å². The van der Waals surface area contributed by atoms with Crippen molar-refractivity contribution in [3.05, 3.63) is 33.8 Å². The molecule has 0 radical (unpaired) electrons. The number of esters is 1. The van der Waals surface area contributed by atoms with Crippen LogP contribution < -0.4 is 0 Å². The van der Waals surface area contributed by atoms with Crippen molar-refractivity contribution in [1.82, 2.24) is 0 Å². The molecule has 0 aliphatic heterocycles. The quantitative estimate of drug-likeness (QED) is 0.794. The second-order valence-corrected chi connectivity index (χ2v) is 4.92. The number of carbonyl (C=O) groups is 1. The van der Waals surface area contributed by atoms with Gasteiger partial charge in [-0.15, -0.1) is 0 Å². The molecule has 1 unspecified atom stereocenters. The highest BCUT2D eigenvalue weighted by molar-refractivity contribution is 6.35. The van der Waals surface area contributed by atoms with E-state index >= 15 is 0 Å². The summed E-state index contributed by atoms with van der Waals surface area (Å²) in [5.41, 5.74) is -0.550. The zero-order valence-corrected chi connectivity index (χ0v) is 11.7. The maximum absolute atomic E-state index is 11.8. The molecule has 0 heterocycles. The fourth-order valence-corrected chi connectivity index (χ4v) is 1.97. The third-order valence-electron chi connectivity index (χ3n) is 2.53. The molecule has 0 saturated heterocycles. The molecule has 0 bridgehead atoms. The largest absolute Gasteiger partial charge is 0.465 e. The van der Waals surface area contributed by atoms with Crippen LogP contribution in [0.3, 0.4) is 0 Å². The number of benzene rings is 1. The smallest absolute Gasteiger partial charge is 0.326 e. The summed E-state index contributed by atoms with van der Waals surface area (Å²) >= 11 is 11.8. The van der Waals surface area contributed by atoms with Gasteiger partial charge in [0, 0.05) is 16.5 Å². The van der Waals surface area contributed by atoms with Gasteiger partial charge in [0.05, 0.1) is 12.7 Å². The summed E-state index contributed by atoms with van der Waals surface area (Å²) in [6.45, 7) is 3.48. The number of halogens is 2. The fourth-order valence-electron chi connectivity index (χ4n) is 1.49. The van der Waals surface area contributed by atoms with Crippen LogP contribution in [0, 0.1) is 16.7 Å². The van der Waals surface area contributed by atoms with Crippen LogP contribution in [0.1, 0.15) is 19.4 Å². The van der Waals surface area contributed by atoms with Crippen molar-refractivity contribution >= 4 is 29.2 Å². The summed E-state index contributed by atoms with van der Waals surface area (Å²) in [5, 5.41) is 10.1. The Labute approximate surface area is 116 Å². The first-order valence-corrected chi connectivity index (χ1v) is 6.21. The maximum atomic E-state index is 11.8. The van der Waals surface area contributed by atoms with Crippen LogP contribution in [-0.2, 0) is 16.0 Å². The highest BCUT2D eigenvalue weighted by Crippen LogP contribution is 2.29. The van der Waals surface area contributed by atoms with Gasteiger partial charge in [-0.05, 0) is 31.5 Å². The van der Waals surface area contributed by atoms with Gasteiger partial charge < -0.3 is 4.74 Å². The predicted octanol–water partition coefficient (Wildman–Crippen LogP) is 3.63. The lowest BCUT2D eigenvalue weighted by molar-refractivity contribution is -0.151. The third-order valence-corrected chi connectivity index (χ3v) is 3.12. The maximum Gasteiger partial charge on any atom is 0.326 e. The highest BCUT2D eigenvalue weighted by Gasteiger charge is 2.35. The van der Waals surface area contributed by atoms with E-state index in [2.05, 4.69) is 0 Å². The van der Waals surface area contributed by atoms with Crippen LogP contribution >= 0.6 is 23.2 Å². The molecule has 0 spiro atoms. The first-order valence-electron chi connectivity index (χ1n) is 5.45. The lowest BCUT2D eigenvalue weighted by Gasteiger charge is -2.20. The Morgan fingerprint density at radius 2 is 2.17 bits per heavy atom. The number of ether oxygens (including phenoxy) is 1. The van der Waals surface area contributed by atoms with Gasteiger partial charge in [-0.2, -0.15) is 5.26 Å². The molecule has 1 rings (SSSR count).